The Kier molecular flexibility index (Phi) is 4.48. The Morgan fingerprint density at radius 3 is 2.43 bits per heavy atom. The molecule has 1 aromatic carbocycles. The van der Waals surface area contributed by atoms with Gasteiger partial charge in [0.2, 0.25) is 0 Å². The van der Waals surface area contributed by atoms with Gasteiger partial charge in [0.15, 0.2) is 5.76 Å². The van der Waals surface area contributed by atoms with E-state index in [4.69, 9.17) is 4.42 Å². The van der Waals surface area contributed by atoms with E-state index in [1.165, 1.54) is 6.26 Å². The fourth-order valence-corrected chi connectivity index (χ4v) is 2.21. The number of carbonyl (C=O) groups excluding carboxylic acids is 1. The molecule has 0 aliphatic carbocycles. The molecule has 1 N–H and O–H groups in total. The molecule has 0 unspecified atom stereocenters. The zero-order valence-corrected chi connectivity index (χ0v) is 12.7. The standard InChI is InChI=1S/C17H21NO3/c1-13-9-10-21-15(13)16(19)18(12-17(2,3)20)11-14-7-5-4-6-8-14/h4-10,20H,11-12H2,1-3H3. The lowest BCUT2D eigenvalue weighted by molar-refractivity contribution is 0.0263. The van der Waals surface area contributed by atoms with Crippen LogP contribution in [0.2, 0.25) is 0 Å². The van der Waals surface area contributed by atoms with Crippen molar-refractivity contribution in [3.8, 4) is 0 Å². The molecule has 0 saturated carbocycles. The first-order valence-electron chi connectivity index (χ1n) is 6.96. The molecule has 4 nitrogen and oxygen atoms in total. The molecule has 21 heavy (non-hydrogen) atoms. The summed E-state index contributed by atoms with van der Waals surface area (Å²) in [6.07, 6.45) is 1.51. The molecular weight excluding hydrogens is 266 g/mol. The number of furan rings is 1. The maximum Gasteiger partial charge on any atom is 0.290 e. The van der Waals surface area contributed by atoms with E-state index in [1.807, 2.05) is 37.3 Å². The summed E-state index contributed by atoms with van der Waals surface area (Å²) in [5.74, 6) is 0.124. The monoisotopic (exact) mass is 287 g/mol. The van der Waals surface area contributed by atoms with E-state index in [-0.39, 0.29) is 12.5 Å². The first kappa shape index (κ1) is 15.3. The molecule has 0 aliphatic heterocycles. The highest BCUT2D eigenvalue weighted by Crippen LogP contribution is 2.17. The predicted octanol–water partition coefficient (Wildman–Crippen LogP) is 3.00. The first-order chi connectivity index (χ1) is 9.87. The van der Waals surface area contributed by atoms with Gasteiger partial charge < -0.3 is 14.4 Å². The van der Waals surface area contributed by atoms with Gasteiger partial charge in [0.1, 0.15) is 0 Å². The van der Waals surface area contributed by atoms with Crippen molar-refractivity contribution >= 4 is 5.91 Å². The topological polar surface area (TPSA) is 53.7 Å². The van der Waals surface area contributed by atoms with E-state index in [2.05, 4.69) is 0 Å². The summed E-state index contributed by atoms with van der Waals surface area (Å²) in [5, 5.41) is 10.1. The van der Waals surface area contributed by atoms with E-state index >= 15 is 0 Å². The Morgan fingerprint density at radius 2 is 1.90 bits per heavy atom. The normalized spacial score (nSPS) is 11.4. The van der Waals surface area contributed by atoms with E-state index in [1.54, 1.807) is 24.8 Å². The van der Waals surface area contributed by atoms with Crippen LogP contribution >= 0.6 is 0 Å². The van der Waals surface area contributed by atoms with Crippen LogP contribution in [0.5, 0.6) is 0 Å². The molecule has 2 rings (SSSR count). The number of amides is 1. The van der Waals surface area contributed by atoms with Gasteiger partial charge in [-0.2, -0.15) is 0 Å². The third-order valence-corrected chi connectivity index (χ3v) is 3.14. The summed E-state index contributed by atoms with van der Waals surface area (Å²) >= 11 is 0. The SMILES string of the molecule is Cc1ccoc1C(=O)N(Cc1ccccc1)CC(C)(C)O. The Labute approximate surface area is 125 Å². The van der Waals surface area contributed by atoms with Crippen molar-refractivity contribution < 1.29 is 14.3 Å². The number of hydrogen-bond acceptors (Lipinski definition) is 3. The van der Waals surface area contributed by atoms with Gasteiger partial charge in [0.05, 0.1) is 11.9 Å². The molecule has 0 radical (unpaired) electrons. The maximum atomic E-state index is 12.6. The average molecular weight is 287 g/mol. The molecule has 0 bridgehead atoms. The summed E-state index contributed by atoms with van der Waals surface area (Å²) in [6, 6.07) is 11.5. The van der Waals surface area contributed by atoms with Crippen LogP contribution in [0.15, 0.2) is 47.1 Å². The van der Waals surface area contributed by atoms with Crippen LogP contribution in [-0.2, 0) is 6.54 Å². The summed E-state index contributed by atoms with van der Waals surface area (Å²) < 4.78 is 5.29. The number of aliphatic hydroxyl groups is 1. The van der Waals surface area contributed by atoms with Crippen LogP contribution in [0.4, 0.5) is 0 Å². The van der Waals surface area contributed by atoms with Crippen LogP contribution in [0, 0.1) is 6.92 Å². The predicted molar refractivity (Wildman–Crippen MR) is 80.9 cm³/mol. The van der Waals surface area contributed by atoms with Gasteiger partial charge >= 0.3 is 0 Å². The van der Waals surface area contributed by atoms with Crippen LogP contribution in [0.25, 0.3) is 0 Å². The van der Waals surface area contributed by atoms with E-state index in [0.717, 1.165) is 11.1 Å². The van der Waals surface area contributed by atoms with Gasteiger partial charge in [0, 0.05) is 18.7 Å². The van der Waals surface area contributed by atoms with E-state index in [0.29, 0.717) is 12.3 Å². The molecule has 1 heterocycles. The lowest BCUT2D eigenvalue weighted by Gasteiger charge is -2.28. The zero-order valence-electron chi connectivity index (χ0n) is 12.7. The van der Waals surface area contributed by atoms with Crippen LogP contribution in [-0.4, -0.2) is 28.1 Å². The quantitative estimate of drug-likeness (QED) is 0.919. The van der Waals surface area contributed by atoms with Crippen molar-refractivity contribution in [2.75, 3.05) is 6.54 Å². The van der Waals surface area contributed by atoms with Crippen molar-refractivity contribution in [3.63, 3.8) is 0 Å². The summed E-state index contributed by atoms with van der Waals surface area (Å²) in [6.45, 7) is 5.88. The Balaban J connectivity index is 2.24. The molecule has 0 fully saturated rings. The summed E-state index contributed by atoms with van der Waals surface area (Å²) in [5.41, 5.74) is 0.846. The zero-order chi connectivity index (χ0) is 15.5. The van der Waals surface area contributed by atoms with E-state index in [9.17, 15) is 9.90 Å². The van der Waals surface area contributed by atoms with E-state index < -0.39 is 5.60 Å². The van der Waals surface area contributed by atoms with Gasteiger partial charge in [-0.05, 0) is 32.4 Å². The molecule has 0 spiro atoms. The largest absolute Gasteiger partial charge is 0.459 e. The molecule has 4 heteroatoms. The Morgan fingerprint density at radius 1 is 1.24 bits per heavy atom. The van der Waals surface area contributed by atoms with Gasteiger partial charge in [-0.25, -0.2) is 0 Å². The van der Waals surface area contributed by atoms with Gasteiger partial charge in [0.25, 0.3) is 5.91 Å². The van der Waals surface area contributed by atoms with Gasteiger partial charge in [-0.1, -0.05) is 30.3 Å². The first-order valence-corrected chi connectivity index (χ1v) is 6.96. The molecule has 1 aromatic heterocycles. The third kappa shape index (κ3) is 4.20. The minimum atomic E-state index is -0.967. The number of aryl methyl sites for hydroxylation is 1. The minimum Gasteiger partial charge on any atom is -0.459 e. The lowest BCUT2D eigenvalue weighted by atomic mass is 10.1. The van der Waals surface area contributed by atoms with Crippen LogP contribution in [0.3, 0.4) is 0 Å². The number of benzene rings is 1. The van der Waals surface area contributed by atoms with Crippen LogP contribution < -0.4 is 0 Å². The van der Waals surface area contributed by atoms with Crippen molar-refractivity contribution in [1.82, 2.24) is 4.90 Å². The second-order valence-electron chi connectivity index (χ2n) is 5.89. The number of carbonyl (C=O) groups is 1. The molecule has 2 aromatic rings. The Bertz CT molecular complexity index is 596. The molecule has 0 aliphatic rings. The number of hydrogen-bond donors (Lipinski definition) is 1. The highest BCUT2D eigenvalue weighted by Gasteiger charge is 2.26. The third-order valence-electron chi connectivity index (χ3n) is 3.14. The molecule has 0 saturated heterocycles. The average Bonchev–Trinajstić information content (AvgIpc) is 2.83. The smallest absolute Gasteiger partial charge is 0.290 e. The summed E-state index contributed by atoms with van der Waals surface area (Å²) in [4.78, 5) is 14.2. The van der Waals surface area contributed by atoms with Gasteiger partial charge in [-0.15, -0.1) is 0 Å². The Hall–Kier alpha value is -2.07. The second kappa shape index (κ2) is 6.14. The van der Waals surface area contributed by atoms with Gasteiger partial charge in [-0.3, -0.25) is 4.79 Å². The van der Waals surface area contributed by atoms with Crippen molar-refractivity contribution in [1.29, 1.82) is 0 Å². The maximum absolute atomic E-state index is 12.6. The molecule has 112 valence electrons. The molecular formula is C17H21NO3. The fourth-order valence-electron chi connectivity index (χ4n) is 2.21. The van der Waals surface area contributed by atoms with Crippen molar-refractivity contribution in [2.24, 2.45) is 0 Å². The lowest BCUT2D eigenvalue weighted by Crippen LogP contribution is -2.41. The highest BCUT2D eigenvalue weighted by atomic mass is 16.3. The number of nitrogens with zero attached hydrogens (tertiary/aromatic N) is 1. The molecule has 0 atom stereocenters. The van der Waals surface area contributed by atoms with Crippen molar-refractivity contribution in [3.05, 3.63) is 59.5 Å². The second-order valence-corrected chi connectivity index (χ2v) is 5.89. The minimum absolute atomic E-state index is 0.205. The molecule has 1 amide bonds. The van der Waals surface area contributed by atoms with Crippen molar-refractivity contribution in [2.45, 2.75) is 32.9 Å². The fraction of sp³-hybridized carbons (Fsp3) is 0.353. The van der Waals surface area contributed by atoms with Crippen LogP contribution in [0.1, 0.15) is 35.5 Å². The summed E-state index contributed by atoms with van der Waals surface area (Å²) in [7, 11) is 0. The number of rotatable bonds is 5. The highest BCUT2D eigenvalue weighted by molar-refractivity contribution is 5.92.